The zero-order valence-electron chi connectivity index (χ0n) is 33.6. The van der Waals surface area contributed by atoms with Gasteiger partial charge in [-0.15, -0.1) is 0 Å². The van der Waals surface area contributed by atoms with E-state index < -0.39 is 76.9 Å². The van der Waals surface area contributed by atoms with Crippen molar-refractivity contribution < 1.29 is 93.2 Å². The molecule has 1 unspecified atom stereocenters. The van der Waals surface area contributed by atoms with E-state index in [1.807, 2.05) is 0 Å². The summed E-state index contributed by atoms with van der Waals surface area (Å²) in [5.41, 5.74) is -1.08. The van der Waals surface area contributed by atoms with Crippen LogP contribution in [0.5, 0.6) is 5.75 Å². The van der Waals surface area contributed by atoms with Gasteiger partial charge in [0.15, 0.2) is 6.04 Å². The zero-order valence-corrected chi connectivity index (χ0v) is 33.6. The van der Waals surface area contributed by atoms with Gasteiger partial charge in [-0.3, -0.25) is 14.5 Å². The number of nitrogens with zero attached hydrogens (tertiary/aromatic N) is 2. The Labute approximate surface area is 338 Å². The highest BCUT2D eigenvalue weighted by Crippen LogP contribution is 2.30. The summed E-state index contributed by atoms with van der Waals surface area (Å²) >= 11 is 0. The van der Waals surface area contributed by atoms with Gasteiger partial charge in [0, 0.05) is 25.8 Å². The lowest BCUT2D eigenvalue weighted by Crippen LogP contribution is -2.54. The van der Waals surface area contributed by atoms with Gasteiger partial charge in [-0.25, -0.2) is 22.8 Å². The summed E-state index contributed by atoms with van der Waals surface area (Å²) < 4.78 is 128. The zero-order chi connectivity index (χ0) is 43.6. The summed E-state index contributed by atoms with van der Waals surface area (Å²) in [4.78, 5) is 52.5. The normalized spacial score (nSPS) is 13.4. The average molecular weight is 861 g/mol. The molecule has 0 bridgehead atoms. The Morgan fingerprint density at radius 3 is 1.27 bits per heavy atom. The number of esters is 1. The van der Waals surface area contributed by atoms with Crippen LogP contribution in [0.15, 0.2) is 12.2 Å². The highest BCUT2D eigenvalue weighted by atomic mass is 19.2. The fourth-order valence-corrected chi connectivity index (χ4v) is 4.57. The number of amides is 3. The van der Waals surface area contributed by atoms with Crippen LogP contribution in [0, 0.1) is 29.1 Å². The second-order valence-electron chi connectivity index (χ2n) is 13.0. The highest BCUT2D eigenvalue weighted by Gasteiger charge is 2.41. The predicted molar refractivity (Wildman–Crippen MR) is 193 cm³/mol. The molecule has 0 N–H and O–H groups in total. The van der Waals surface area contributed by atoms with Gasteiger partial charge < -0.3 is 57.0 Å². The highest BCUT2D eigenvalue weighted by molar-refractivity contribution is 6.15. The van der Waals surface area contributed by atoms with E-state index in [-0.39, 0.29) is 39.6 Å². The topological polar surface area (TPSA) is 176 Å². The third-order valence-electron chi connectivity index (χ3n) is 7.39. The number of benzene rings is 1. The molecule has 1 aliphatic heterocycles. The molecule has 59 heavy (non-hydrogen) atoms. The number of hydrogen-bond donors (Lipinski definition) is 0. The summed E-state index contributed by atoms with van der Waals surface area (Å²) in [5, 5.41) is 0. The van der Waals surface area contributed by atoms with Crippen LogP contribution in [0.2, 0.25) is 0 Å². The van der Waals surface area contributed by atoms with E-state index in [0.29, 0.717) is 84.2 Å². The van der Waals surface area contributed by atoms with Crippen molar-refractivity contribution in [2.45, 2.75) is 32.4 Å². The van der Waals surface area contributed by atoms with E-state index in [0.717, 1.165) is 17.1 Å². The van der Waals surface area contributed by atoms with Crippen LogP contribution in [0.4, 0.5) is 26.7 Å². The van der Waals surface area contributed by atoms with Crippen molar-refractivity contribution in [3.63, 3.8) is 0 Å². The SMILES string of the molecule is COCCOCCOCCOCCOCCOCCOCCOCCOCCN(CC(C(=O)Oc1c(F)c(F)c(F)c(F)c1F)N1C(=O)C=CC1=O)C(=O)OC(C)(C)C. The van der Waals surface area contributed by atoms with Gasteiger partial charge in [0.2, 0.25) is 34.8 Å². The monoisotopic (exact) mass is 860 g/mol. The van der Waals surface area contributed by atoms with Crippen LogP contribution in [-0.4, -0.2) is 178 Å². The molecule has 1 aromatic carbocycles. The summed E-state index contributed by atoms with van der Waals surface area (Å²) in [6.45, 7) is 9.07. The lowest BCUT2D eigenvalue weighted by atomic mass is 10.2. The molecule has 1 heterocycles. The molecule has 1 aliphatic rings. The summed E-state index contributed by atoms with van der Waals surface area (Å²) in [6, 6.07) is -2.13. The van der Waals surface area contributed by atoms with Crippen molar-refractivity contribution >= 4 is 23.9 Å². The number of methoxy groups -OCH3 is 1. The Kier molecular flexibility index (Phi) is 24.8. The molecule has 0 radical (unpaired) electrons. The maximum Gasteiger partial charge on any atom is 0.410 e. The fraction of sp³-hybridized carbons (Fsp3) is 0.676. The number of hydrogen-bond acceptors (Lipinski definition) is 15. The summed E-state index contributed by atoms with van der Waals surface area (Å²) in [5.74, 6) is -18.2. The number of carbonyl (C=O) groups is 4. The molecular formula is C37H53F5N2O15. The van der Waals surface area contributed by atoms with Crippen molar-refractivity contribution in [1.82, 2.24) is 9.80 Å². The average Bonchev–Trinajstić information content (AvgIpc) is 3.53. The summed E-state index contributed by atoms with van der Waals surface area (Å²) in [7, 11) is 1.61. The van der Waals surface area contributed by atoms with Crippen LogP contribution < -0.4 is 4.74 Å². The van der Waals surface area contributed by atoms with E-state index in [9.17, 15) is 41.1 Å². The van der Waals surface area contributed by atoms with Gasteiger partial charge in [-0.2, -0.15) is 8.78 Å². The Morgan fingerprint density at radius 2 is 0.915 bits per heavy atom. The van der Waals surface area contributed by atoms with Crippen molar-refractivity contribution in [2.24, 2.45) is 0 Å². The maximum absolute atomic E-state index is 14.4. The molecule has 0 fully saturated rings. The number of ether oxygens (including phenoxy) is 11. The Bertz CT molecular complexity index is 1440. The fourth-order valence-electron chi connectivity index (χ4n) is 4.57. The summed E-state index contributed by atoms with van der Waals surface area (Å²) in [6.07, 6.45) is 0.468. The second kappa shape index (κ2) is 28.6. The van der Waals surface area contributed by atoms with E-state index in [1.54, 1.807) is 7.11 Å². The number of halogens is 5. The standard InChI is InChI=1S/C37H53F5N2O15/c1-37(2,3)59-36(48)43(25-26(44-27(45)5-6-28(44)46)35(47)58-34-32(41)30(39)29(38)31(40)33(34)42)7-8-50-11-12-52-15-16-54-19-20-56-23-24-57-22-21-55-18-17-53-14-13-51-10-9-49-4/h5-6,26H,7-25H2,1-4H3. The molecule has 3 amide bonds. The molecule has 336 valence electrons. The van der Waals surface area contributed by atoms with Gasteiger partial charge >= 0.3 is 12.1 Å². The van der Waals surface area contributed by atoms with E-state index in [4.69, 9.17) is 47.4 Å². The first-order valence-electron chi connectivity index (χ1n) is 18.6. The first-order chi connectivity index (χ1) is 28.2. The van der Waals surface area contributed by atoms with Crippen LogP contribution in [0.25, 0.3) is 0 Å². The van der Waals surface area contributed by atoms with Gasteiger partial charge in [-0.1, -0.05) is 0 Å². The van der Waals surface area contributed by atoms with Gasteiger partial charge in [0.1, 0.15) is 5.60 Å². The third-order valence-corrected chi connectivity index (χ3v) is 7.39. The minimum Gasteiger partial charge on any atom is -0.444 e. The molecule has 0 aliphatic carbocycles. The van der Waals surface area contributed by atoms with Crippen molar-refractivity contribution in [2.75, 3.05) is 133 Å². The molecule has 0 saturated carbocycles. The second-order valence-corrected chi connectivity index (χ2v) is 13.0. The van der Waals surface area contributed by atoms with Crippen LogP contribution in [0.3, 0.4) is 0 Å². The molecule has 1 atom stereocenters. The molecular weight excluding hydrogens is 807 g/mol. The van der Waals surface area contributed by atoms with Crippen molar-refractivity contribution in [1.29, 1.82) is 0 Å². The third kappa shape index (κ3) is 19.8. The first kappa shape index (κ1) is 51.3. The molecule has 0 saturated heterocycles. The minimum atomic E-state index is -2.51. The van der Waals surface area contributed by atoms with Gasteiger partial charge in [0.05, 0.1) is 119 Å². The Hall–Kier alpha value is -3.87. The Balaban J connectivity index is 1.69. The largest absolute Gasteiger partial charge is 0.444 e. The van der Waals surface area contributed by atoms with E-state index in [1.165, 1.54) is 20.8 Å². The number of carbonyl (C=O) groups excluding carboxylic acids is 4. The molecule has 2 rings (SSSR count). The number of rotatable bonds is 32. The predicted octanol–water partition coefficient (Wildman–Crippen LogP) is 2.60. The number of imide groups is 1. The quantitative estimate of drug-likeness (QED) is 0.0197. The Morgan fingerprint density at radius 1 is 0.576 bits per heavy atom. The molecule has 17 nitrogen and oxygen atoms in total. The van der Waals surface area contributed by atoms with E-state index >= 15 is 0 Å². The van der Waals surface area contributed by atoms with E-state index in [2.05, 4.69) is 4.74 Å². The maximum atomic E-state index is 14.4. The first-order valence-corrected chi connectivity index (χ1v) is 18.6. The lowest BCUT2D eigenvalue weighted by molar-refractivity contribution is -0.152. The van der Waals surface area contributed by atoms with Crippen LogP contribution in [0.1, 0.15) is 20.8 Å². The smallest absolute Gasteiger partial charge is 0.410 e. The van der Waals surface area contributed by atoms with Gasteiger partial charge in [0.25, 0.3) is 11.8 Å². The molecule has 22 heteroatoms. The molecule has 0 aromatic heterocycles. The minimum absolute atomic E-state index is 0.0357. The lowest BCUT2D eigenvalue weighted by Gasteiger charge is -2.32. The van der Waals surface area contributed by atoms with Crippen LogP contribution >= 0.6 is 0 Å². The molecule has 1 aromatic rings. The van der Waals surface area contributed by atoms with Crippen molar-refractivity contribution in [3.8, 4) is 5.75 Å². The van der Waals surface area contributed by atoms with Crippen molar-refractivity contribution in [3.05, 3.63) is 41.2 Å². The molecule has 0 spiro atoms. The van der Waals surface area contributed by atoms with Crippen LogP contribution in [-0.2, 0) is 61.8 Å². The van der Waals surface area contributed by atoms with Gasteiger partial charge in [-0.05, 0) is 20.8 Å².